The molecule has 0 amide bonds. The Bertz CT molecular complexity index is 421. The summed E-state index contributed by atoms with van der Waals surface area (Å²) in [6.07, 6.45) is 0. The Morgan fingerprint density at radius 2 is 1.73 bits per heavy atom. The van der Waals surface area contributed by atoms with Crippen LogP contribution in [-0.4, -0.2) is 13.0 Å². The lowest BCUT2D eigenvalue weighted by atomic mass is 10.2. The van der Waals surface area contributed by atoms with Crippen LogP contribution in [0.25, 0.3) is 0 Å². The van der Waals surface area contributed by atoms with Crippen LogP contribution in [0.1, 0.15) is 5.56 Å². The van der Waals surface area contributed by atoms with Gasteiger partial charge >= 0.3 is 0 Å². The standard InChI is InChI=1S/C11H13NO2Si/c1-15(2,3)9-8-10-4-6-11(7-5-10)12(13)14/h4-7H,1-3H3. The van der Waals surface area contributed by atoms with Crippen LogP contribution in [0, 0.1) is 21.6 Å². The van der Waals surface area contributed by atoms with Crippen LogP contribution in [0.4, 0.5) is 5.69 Å². The van der Waals surface area contributed by atoms with Crippen LogP contribution in [0.15, 0.2) is 24.3 Å². The molecule has 4 heteroatoms. The van der Waals surface area contributed by atoms with Crippen molar-refractivity contribution in [3.8, 4) is 11.5 Å². The molecule has 78 valence electrons. The van der Waals surface area contributed by atoms with Crippen molar-refractivity contribution in [2.45, 2.75) is 19.6 Å². The van der Waals surface area contributed by atoms with E-state index in [-0.39, 0.29) is 5.69 Å². The van der Waals surface area contributed by atoms with Gasteiger partial charge in [0, 0.05) is 17.7 Å². The van der Waals surface area contributed by atoms with Gasteiger partial charge in [0.25, 0.3) is 5.69 Å². The second-order valence-corrected chi connectivity index (χ2v) is 9.05. The number of nitrogens with zero attached hydrogens (tertiary/aromatic N) is 1. The van der Waals surface area contributed by atoms with Crippen molar-refractivity contribution < 1.29 is 4.92 Å². The fourth-order valence-corrected chi connectivity index (χ4v) is 1.45. The number of rotatable bonds is 1. The first-order valence-corrected chi connectivity index (χ1v) is 8.16. The fraction of sp³-hybridized carbons (Fsp3) is 0.273. The number of non-ortho nitro benzene ring substituents is 1. The number of nitro benzene ring substituents is 1. The quantitative estimate of drug-likeness (QED) is 0.315. The SMILES string of the molecule is C[Si](C)(C)C#Cc1ccc([N+](=O)[O-])cc1. The molecule has 0 saturated heterocycles. The van der Waals surface area contributed by atoms with E-state index in [0.717, 1.165) is 5.56 Å². The second-order valence-electron chi connectivity index (χ2n) is 4.30. The topological polar surface area (TPSA) is 43.1 Å². The van der Waals surface area contributed by atoms with Gasteiger partial charge in [0.05, 0.1) is 4.92 Å². The highest BCUT2D eigenvalue weighted by Crippen LogP contribution is 2.11. The molecule has 0 aromatic heterocycles. The minimum atomic E-state index is -1.37. The zero-order valence-electron chi connectivity index (χ0n) is 9.07. The van der Waals surface area contributed by atoms with Gasteiger partial charge in [-0.15, -0.1) is 5.54 Å². The molecular formula is C11H13NO2Si. The minimum Gasteiger partial charge on any atom is -0.258 e. The van der Waals surface area contributed by atoms with E-state index in [0.29, 0.717) is 0 Å². The van der Waals surface area contributed by atoms with Gasteiger partial charge in [-0.3, -0.25) is 10.1 Å². The summed E-state index contributed by atoms with van der Waals surface area (Å²) in [4.78, 5) is 10.00. The molecule has 0 aliphatic carbocycles. The zero-order valence-corrected chi connectivity index (χ0v) is 10.1. The second kappa shape index (κ2) is 4.28. The first-order chi connectivity index (χ1) is 6.88. The summed E-state index contributed by atoms with van der Waals surface area (Å²) in [6.45, 7) is 6.47. The molecule has 1 aromatic carbocycles. The van der Waals surface area contributed by atoms with Gasteiger partial charge in [0.1, 0.15) is 8.07 Å². The summed E-state index contributed by atoms with van der Waals surface area (Å²) in [5.74, 6) is 3.04. The van der Waals surface area contributed by atoms with Crippen molar-refractivity contribution in [1.29, 1.82) is 0 Å². The van der Waals surface area contributed by atoms with Gasteiger partial charge in [0.15, 0.2) is 0 Å². The first kappa shape index (κ1) is 11.5. The van der Waals surface area contributed by atoms with Gasteiger partial charge in [-0.2, -0.15) is 0 Å². The predicted octanol–water partition coefficient (Wildman–Crippen LogP) is 2.82. The first-order valence-electron chi connectivity index (χ1n) is 4.66. The van der Waals surface area contributed by atoms with E-state index in [2.05, 4.69) is 31.1 Å². The maximum atomic E-state index is 10.4. The van der Waals surface area contributed by atoms with Crippen LogP contribution < -0.4 is 0 Å². The summed E-state index contributed by atoms with van der Waals surface area (Å²) >= 11 is 0. The average molecular weight is 219 g/mol. The molecule has 0 spiro atoms. The fourth-order valence-electron chi connectivity index (χ4n) is 0.926. The highest BCUT2D eigenvalue weighted by Gasteiger charge is 2.07. The number of nitro groups is 1. The van der Waals surface area contributed by atoms with E-state index in [4.69, 9.17) is 0 Å². The number of hydrogen-bond acceptors (Lipinski definition) is 2. The van der Waals surface area contributed by atoms with Gasteiger partial charge in [-0.1, -0.05) is 25.6 Å². The lowest BCUT2D eigenvalue weighted by Gasteiger charge is -2.03. The molecule has 1 rings (SSSR count). The molecule has 0 fully saturated rings. The van der Waals surface area contributed by atoms with Crippen molar-refractivity contribution in [1.82, 2.24) is 0 Å². The van der Waals surface area contributed by atoms with E-state index in [1.165, 1.54) is 12.1 Å². The summed E-state index contributed by atoms with van der Waals surface area (Å²) in [5.41, 5.74) is 4.15. The van der Waals surface area contributed by atoms with Crippen molar-refractivity contribution in [2.24, 2.45) is 0 Å². The summed E-state index contributed by atoms with van der Waals surface area (Å²) in [6, 6.07) is 6.33. The molecular weight excluding hydrogens is 206 g/mol. The van der Waals surface area contributed by atoms with Crippen LogP contribution >= 0.6 is 0 Å². The van der Waals surface area contributed by atoms with E-state index < -0.39 is 13.0 Å². The Morgan fingerprint density at radius 3 is 2.13 bits per heavy atom. The van der Waals surface area contributed by atoms with Gasteiger partial charge in [0.2, 0.25) is 0 Å². The Labute approximate surface area is 90.3 Å². The third-order valence-electron chi connectivity index (χ3n) is 1.66. The predicted molar refractivity (Wildman–Crippen MR) is 63.3 cm³/mol. The molecule has 0 atom stereocenters. The van der Waals surface area contributed by atoms with Crippen LogP contribution in [-0.2, 0) is 0 Å². The van der Waals surface area contributed by atoms with Crippen LogP contribution in [0.5, 0.6) is 0 Å². The third-order valence-corrected chi connectivity index (χ3v) is 2.53. The third kappa shape index (κ3) is 3.96. The molecule has 0 aliphatic rings. The summed E-state index contributed by atoms with van der Waals surface area (Å²) in [7, 11) is -1.37. The molecule has 0 aliphatic heterocycles. The Hall–Kier alpha value is -1.60. The van der Waals surface area contributed by atoms with Gasteiger partial charge in [-0.25, -0.2) is 0 Å². The van der Waals surface area contributed by atoms with Crippen LogP contribution in [0.2, 0.25) is 19.6 Å². The molecule has 0 unspecified atom stereocenters. The summed E-state index contributed by atoms with van der Waals surface area (Å²) in [5, 5.41) is 10.4. The molecule has 3 nitrogen and oxygen atoms in total. The zero-order chi connectivity index (χ0) is 11.5. The van der Waals surface area contributed by atoms with Gasteiger partial charge < -0.3 is 0 Å². The number of benzene rings is 1. The molecule has 1 aromatic rings. The largest absolute Gasteiger partial charge is 0.269 e. The molecule has 0 radical (unpaired) electrons. The Kier molecular flexibility index (Phi) is 3.27. The molecule has 0 N–H and O–H groups in total. The highest BCUT2D eigenvalue weighted by molar-refractivity contribution is 6.83. The van der Waals surface area contributed by atoms with Crippen molar-refractivity contribution in [3.05, 3.63) is 39.9 Å². The minimum absolute atomic E-state index is 0.105. The van der Waals surface area contributed by atoms with E-state index in [1.807, 2.05) is 0 Å². The summed E-state index contributed by atoms with van der Waals surface area (Å²) < 4.78 is 0. The molecule has 0 saturated carbocycles. The highest BCUT2D eigenvalue weighted by atomic mass is 28.3. The van der Waals surface area contributed by atoms with E-state index >= 15 is 0 Å². The monoisotopic (exact) mass is 219 g/mol. The van der Waals surface area contributed by atoms with E-state index in [9.17, 15) is 10.1 Å². The average Bonchev–Trinajstić information content (AvgIpc) is 2.14. The smallest absolute Gasteiger partial charge is 0.258 e. The van der Waals surface area contributed by atoms with Crippen molar-refractivity contribution >= 4 is 13.8 Å². The lowest BCUT2D eigenvalue weighted by Crippen LogP contribution is -2.16. The molecule has 15 heavy (non-hydrogen) atoms. The lowest BCUT2D eigenvalue weighted by molar-refractivity contribution is -0.384. The Balaban J connectivity index is 2.89. The van der Waals surface area contributed by atoms with Crippen molar-refractivity contribution in [3.63, 3.8) is 0 Å². The van der Waals surface area contributed by atoms with E-state index in [1.54, 1.807) is 12.1 Å². The van der Waals surface area contributed by atoms with Gasteiger partial charge in [-0.05, 0) is 12.1 Å². The maximum absolute atomic E-state index is 10.4. The molecule has 0 bridgehead atoms. The molecule has 0 heterocycles. The Morgan fingerprint density at radius 1 is 1.20 bits per heavy atom. The normalized spacial score (nSPS) is 10.3. The number of hydrogen-bond donors (Lipinski definition) is 0. The maximum Gasteiger partial charge on any atom is 0.269 e. The van der Waals surface area contributed by atoms with Crippen LogP contribution in [0.3, 0.4) is 0 Å². The van der Waals surface area contributed by atoms with Crippen molar-refractivity contribution in [2.75, 3.05) is 0 Å².